The van der Waals surface area contributed by atoms with Crippen LogP contribution in [0.15, 0.2) is 15.8 Å². The van der Waals surface area contributed by atoms with Gasteiger partial charge < -0.3 is 24.5 Å². The summed E-state index contributed by atoms with van der Waals surface area (Å²) >= 11 is 0. The van der Waals surface area contributed by atoms with Crippen LogP contribution in [-0.4, -0.2) is 61.9 Å². The van der Waals surface area contributed by atoms with E-state index in [0.29, 0.717) is 0 Å². The number of hydrogen-bond acceptors (Lipinski definition) is 9. The topological polar surface area (TPSA) is 207 Å². The van der Waals surface area contributed by atoms with Crippen LogP contribution in [0.4, 0.5) is 0 Å². The molecule has 0 aliphatic carbocycles. The molecule has 4 atom stereocenters. The number of rotatable bonds is 7. The molecular weight excluding hydrogens is 438 g/mol. The highest BCUT2D eigenvalue weighted by Crippen LogP contribution is 2.43. The van der Waals surface area contributed by atoms with Crippen molar-refractivity contribution in [3.8, 4) is 11.8 Å². The molecule has 0 saturated carbocycles. The molecule has 4 unspecified atom stereocenters. The summed E-state index contributed by atoms with van der Waals surface area (Å²) in [5.74, 6) is 4.52. The van der Waals surface area contributed by atoms with E-state index in [1.807, 2.05) is 4.98 Å². The number of hydrogen-bond donors (Lipinski definition) is 5. The zero-order chi connectivity index (χ0) is 21.8. The van der Waals surface area contributed by atoms with Crippen LogP contribution in [0.5, 0.6) is 0 Å². The molecular formula is C13H18N2O12P2. The lowest BCUT2D eigenvalue weighted by atomic mass is 10.2. The lowest BCUT2D eigenvalue weighted by Gasteiger charge is -2.17. The van der Waals surface area contributed by atoms with Crippen molar-refractivity contribution in [3.05, 3.63) is 32.6 Å². The van der Waals surface area contributed by atoms with Crippen LogP contribution in [0.3, 0.4) is 0 Å². The highest BCUT2D eigenvalue weighted by atomic mass is 31.2. The first-order chi connectivity index (χ1) is 13.4. The van der Waals surface area contributed by atoms with Gasteiger partial charge in [0.1, 0.15) is 24.5 Å². The van der Waals surface area contributed by atoms with Crippen molar-refractivity contribution in [2.24, 2.45) is 0 Å². The highest BCUT2D eigenvalue weighted by Gasteiger charge is 2.37. The van der Waals surface area contributed by atoms with Crippen molar-refractivity contribution in [1.82, 2.24) is 9.55 Å². The predicted molar refractivity (Wildman–Crippen MR) is 93.5 cm³/mol. The fourth-order valence-electron chi connectivity index (χ4n) is 2.29. The SMILES string of the molecule is COP(=O)(O)OCC1OC(n2cc(C#CCOP(=O)(O)O)c(=O)[nH]c2=O)CC1O. The summed E-state index contributed by atoms with van der Waals surface area (Å²) in [5.41, 5.74) is -1.94. The van der Waals surface area contributed by atoms with E-state index in [2.05, 4.69) is 25.4 Å². The second-order valence-corrected chi connectivity index (χ2v) is 8.45. The third kappa shape index (κ3) is 6.98. The van der Waals surface area contributed by atoms with Gasteiger partial charge in [-0.2, -0.15) is 0 Å². The van der Waals surface area contributed by atoms with E-state index in [1.165, 1.54) is 0 Å². The van der Waals surface area contributed by atoms with Crippen LogP contribution in [0.2, 0.25) is 0 Å². The van der Waals surface area contributed by atoms with E-state index in [4.69, 9.17) is 14.5 Å². The van der Waals surface area contributed by atoms with Gasteiger partial charge in [-0.05, 0) is 0 Å². The molecule has 1 aromatic heterocycles. The second kappa shape index (κ2) is 9.46. The van der Waals surface area contributed by atoms with E-state index >= 15 is 0 Å². The fourth-order valence-corrected chi connectivity index (χ4v) is 2.97. The Hall–Kier alpha value is -1.62. The number of phosphoric ester groups is 2. The Bertz CT molecular complexity index is 1000. The molecule has 1 aliphatic heterocycles. The van der Waals surface area contributed by atoms with E-state index in [0.717, 1.165) is 17.9 Å². The number of aromatic nitrogens is 2. The summed E-state index contributed by atoms with van der Waals surface area (Å²) in [6, 6.07) is 0. The average Bonchev–Trinajstić information content (AvgIpc) is 2.98. The van der Waals surface area contributed by atoms with Crippen molar-refractivity contribution in [3.63, 3.8) is 0 Å². The van der Waals surface area contributed by atoms with Crippen LogP contribution >= 0.6 is 15.6 Å². The van der Waals surface area contributed by atoms with Gasteiger partial charge in [0.2, 0.25) is 0 Å². The monoisotopic (exact) mass is 456 g/mol. The number of aromatic amines is 1. The van der Waals surface area contributed by atoms with Gasteiger partial charge in [-0.3, -0.25) is 27.9 Å². The number of ether oxygens (including phenoxy) is 1. The molecule has 0 aromatic carbocycles. The Morgan fingerprint density at radius 3 is 2.62 bits per heavy atom. The number of aliphatic hydroxyl groups is 1. The van der Waals surface area contributed by atoms with Gasteiger partial charge in [0, 0.05) is 19.7 Å². The maximum absolute atomic E-state index is 12.1. The lowest BCUT2D eigenvalue weighted by molar-refractivity contribution is -0.0458. The zero-order valence-corrected chi connectivity index (χ0v) is 16.6. The zero-order valence-electron chi connectivity index (χ0n) is 14.8. The minimum atomic E-state index is -4.72. The number of nitrogens with zero attached hydrogens (tertiary/aromatic N) is 1. The summed E-state index contributed by atoms with van der Waals surface area (Å²) in [7, 11) is -8.05. The van der Waals surface area contributed by atoms with Crippen molar-refractivity contribution < 1.29 is 47.2 Å². The summed E-state index contributed by atoms with van der Waals surface area (Å²) in [5, 5.41) is 10.0. The summed E-state index contributed by atoms with van der Waals surface area (Å²) in [6.07, 6.45) is -2.31. The van der Waals surface area contributed by atoms with E-state index < -0.39 is 58.5 Å². The molecule has 2 heterocycles. The largest absolute Gasteiger partial charge is 0.472 e. The van der Waals surface area contributed by atoms with Crippen molar-refractivity contribution in [2.75, 3.05) is 20.3 Å². The Labute approximate surface area is 162 Å². The summed E-state index contributed by atoms with van der Waals surface area (Å²) in [4.78, 5) is 52.2. The molecule has 1 aliphatic rings. The molecule has 0 radical (unpaired) electrons. The van der Waals surface area contributed by atoms with Gasteiger partial charge in [0.05, 0.1) is 12.7 Å². The number of phosphoric acid groups is 2. The van der Waals surface area contributed by atoms with Crippen molar-refractivity contribution in [1.29, 1.82) is 0 Å². The van der Waals surface area contributed by atoms with Crippen LogP contribution in [0.1, 0.15) is 18.2 Å². The number of H-pyrrole nitrogens is 1. The summed E-state index contributed by atoms with van der Waals surface area (Å²) in [6.45, 7) is -1.16. The molecule has 16 heteroatoms. The first-order valence-corrected chi connectivity index (χ1v) is 10.9. The Kier molecular flexibility index (Phi) is 7.72. The molecule has 14 nitrogen and oxygen atoms in total. The first-order valence-electron chi connectivity index (χ1n) is 7.83. The average molecular weight is 456 g/mol. The molecule has 0 spiro atoms. The minimum Gasteiger partial charge on any atom is -0.390 e. The standard InChI is InChI=1S/C13H18N2O12P2/c1-24-29(22,23)26-7-10-9(16)5-11(27-10)15-6-8(12(17)14-13(15)18)3-2-4-25-28(19,20)21/h6,9-11,16H,4-5,7H2,1H3,(H,22,23)(H,14,17,18)(H2,19,20,21). The summed E-state index contributed by atoms with van der Waals surface area (Å²) < 4.78 is 41.3. The molecule has 1 aromatic rings. The third-order valence-electron chi connectivity index (χ3n) is 3.64. The van der Waals surface area contributed by atoms with E-state index in [9.17, 15) is 28.7 Å². The van der Waals surface area contributed by atoms with Gasteiger partial charge in [-0.1, -0.05) is 11.8 Å². The van der Waals surface area contributed by atoms with Gasteiger partial charge in [0.25, 0.3) is 5.56 Å². The third-order valence-corrected chi connectivity index (χ3v) is 5.05. The minimum absolute atomic E-state index is 0.100. The van der Waals surface area contributed by atoms with E-state index in [-0.39, 0.29) is 12.0 Å². The van der Waals surface area contributed by atoms with Crippen LogP contribution in [0.25, 0.3) is 0 Å². The van der Waals surface area contributed by atoms with Gasteiger partial charge >= 0.3 is 21.3 Å². The number of nitrogens with one attached hydrogen (secondary N) is 1. The van der Waals surface area contributed by atoms with E-state index in [1.54, 1.807) is 0 Å². The van der Waals surface area contributed by atoms with Gasteiger partial charge in [-0.15, -0.1) is 0 Å². The predicted octanol–water partition coefficient (Wildman–Crippen LogP) is -1.59. The molecule has 1 fully saturated rings. The fraction of sp³-hybridized carbons (Fsp3) is 0.538. The molecule has 0 amide bonds. The quantitative estimate of drug-likeness (QED) is 0.232. The van der Waals surface area contributed by atoms with Crippen molar-refractivity contribution >= 4 is 15.6 Å². The van der Waals surface area contributed by atoms with Crippen molar-refractivity contribution in [2.45, 2.75) is 24.9 Å². The maximum Gasteiger partial charge on any atom is 0.472 e. The molecule has 0 bridgehead atoms. The second-order valence-electron chi connectivity index (χ2n) is 5.65. The Morgan fingerprint density at radius 2 is 2.00 bits per heavy atom. The Morgan fingerprint density at radius 1 is 1.31 bits per heavy atom. The molecule has 162 valence electrons. The molecule has 2 rings (SSSR count). The maximum atomic E-state index is 12.1. The van der Waals surface area contributed by atoms with Crippen LogP contribution in [0, 0.1) is 11.8 Å². The van der Waals surface area contributed by atoms with Gasteiger partial charge in [-0.25, -0.2) is 13.9 Å². The highest BCUT2D eigenvalue weighted by molar-refractivity contribution is 7.47. The molecule has 29 heavy (non-hydrogen) atoms. The first kappa shape index (κ1) is 23.7. The van der Waals surface area contributed by atoms with Crippen LogP contribution < -0.4 is 11.2 Å². The molecule has 1 saturated heterocycles. The lowest BCUT2D eigenvalue weighted by Crippen LogP contribution is -2.33. The van der Waals surface area contributed by atoms with Gasteiger partial charge in [0.15, 0.2) is 0 Å². The molecule has 5 N–H and O–H groups in total. The number of aliphatic hydroxyl groups excluding tert-OH is 1. The normalized spacial score (nSPS) is 24.0. The van der Waals surface area contributed by atoms with Crippen LogP contribution in [-0.2, 0) is 27.4 Å². The Balaban J connectivity index is 2.15. The smallest absolute Gasteiger partial charge is 0.390 e.